The molecule has 2 amide bonds. The Balaban J connectivity index is 1.99. The minimum absolute atomic E-state index is 0.00910. The molecule has 2 aromatic carbocycles. The fourth-order valence-electron chi connectivity index (χ4n) is 1.90. The third kappa shape index (κ3) is 5.12. The number of halogens is 4. The normalized spacial score (nSPS) is 11.0. The molecule has 0 heterocycles. The van der Waals surface area contributed by atoms with Gasteiger partial charge in [0.05, 0.1) is 11.1 Å². The van der Waals surface area contributed by atoms with Crippen molar-refractivity contribution in [3.63, 3.8) is 0 Å². The van der Waals surface area contributed by atoms with E-state index in [4.69, 9.17) is 22.1 Å². The van der Waals surface area contributed by atoms with Gasteiger partial charge >= 0.3 is 6.18 Å². The lowest BCUT2D eigenvalue weighted by atomic mass is 10.2. The molecule has 0 saturated heterocycles. The summed E-state index contributed by atoms with van der Waals surface area (Å²) in [5, 5.41) is 2.65. The molecule has 132 valence electrons. The van der Waals surface area contributed by atoms with Crippen molar-refractivity contribution >= 4 is 29.1 Å². The second-order valence-corrected chi connectivity index (χ2v) is 5.35. The summed E-state index contributed by atoms with van der Waals surface area (Å²) in [7, 11) is 0. The van der Waals surface area contributed by atoms with Crippen LogP contribution in [0.15, 0.2) is 42.5 Å². The van der Waals surface area contributed by atoms with Gasteiger partial charge < -0.3 is 15.8 Å². The van der Waals surface area contributed by atoms with E-state index < -0.39 is 30.2 Å². The molecule has 0 aliphatic heterocycles. The highest BCUT2D eigenvalue weighted by Crippen LogP contribution is 2.29. The zero-order valence-corrected chi connectivity index (χ0v) is 13.3. The van der Waals surface area contributed by atoms with Gasteiger partial charge in [-0.1, -0.05) is 11.6 Å². The summed E-state index contributed by atoms with van der Waals surface area (Å²) in [6.45, 7) is -0.469. The van der Waals surface area contributed by atoms with Crippen LogP contribution in [0.5, 0.6) is 5.75 Å². The van der Waals surface area contributed by atoms with Crippen LogP contribution in [0.4, 0.5) is 18.9 Å². The molecular weight excluding hydrogens is 361 g/mol. The summed E-state index contributed by atoms with van der Waals surface area (Å²) in [6, 6.07) is 8.08. The molecule has 0 saturated carbocycles. The molecular formula is C16H12ClF3N2O3. The van der Waals surface area contributed by atoms with Crippen LogP contribution in [-0.2, 0) is 11.0 Å². The van der Waals surface area contributed by atoms with Gasteiger partial charge in [0.15, 0.2) is 6.61 Å². The Hall–Kier alpha value is -2.74. The summed E-state index contributed by atoms with van der Waals surface area (Å²) in [5.41, 5.74) is 4.55. The summed E-state index contributed by atoms with van der Waals surface area (Å²) >= 11 is 5.75. The topological polar surface area (TPSA) is 81.4 Å². The van der Waals surface area contributed by atoms with Gasteiger partial charge in [-0.2, -0.15) is 13.2 Å². The van der Waals surface area contributed by atoms with Crippen LogP contribution in [0.1, 0.15) is 15.9 Å². The van der Waals surface area contributed by atoms with Crippen molar-refractivity contribution < 1.29 is 27.5 Å². The van der Waals surface area contributed by atoms with Gasteiger partial charge in [0.25, 0.3) is 11.8 Å². The van der Waals surface area contributed by atoms with Crippen molar-refractivity contribution in [1.29, 1.82) is 0 Å². The Morgan fingerprint density at radius 1 is 1.12 bits per heavy atom. The molecule has 0 atom stereocenters. The van der Waals surface area contributed by atoms with Crippen LogP contribution in [0.2, 0.25) is 5.02 Å². The maximum atomic E-state index is 12.5. The van der Waals surface area contributed by atoms with Crippen LogP contribution < -0.4 is 15.8 Å². The zero-order chi connectivity index (χ0) is 18.6. The van der Waals surface area contributed by atoms with Crippen molar-refractivity contribution in [2.24, 2.45) is 5.73 Å². The van der Waals surface area contributed by atoms with E-state index in [9.17, 15) is 22.8 Å². The lowest BCUT2D eigenvalue weighted by molar-refractivity contribution is -0.137. The number of carbonyl (C=O) groups excluding carboxylic acids is 2. The van der Waals surface area contributed by atoms with Gasteiger partial charge in [0, 0.05) is 10.7 Å². The highest BCUT2D eigenvalue weighted by atomic mass is 35.5. The number of hydrogen-bond acceptors (Lipinski definition) is 3. The molecule has 0 unspecified atom stereocenters. The monoisotopic (exact) mass is 372 g/mol. The highest BCUT2D eigenvalue weighted by molar-refractivity contribution is 6.31. The first-order valence-corrected chi connectivity index (χ1v) is 7.24. The van der Waals surface area contributed by atoms with Crippen molar-refractivity contribution in [1.82, 2.24) is 0 Å². The number of hydrogen-bond donors (Lipinski definition) is 2. The number of nitrogens with one attached hydrogen (secondary N) is 1. The number of amides is 2. The van der Waals surface area contributed by atoms with Crippen LogP contribution in [0.25, 0.3) is 0 Å². The van der Waals surface area contributed by atoms with Gasteiger partial charge in [-0.3, -0.25) is 9.59 Å². The molecule has 9 heteroatoms. The SMILES string of the molecule is NC(=O)c1cc(Cl)ccc1OCC(=O)Nc1ccc(C(F)(F)F)cc1. The minimum Gasteiger partial charge on any atom is -0.483 e. The Labute approximate surface area is 145 Å². The minimum atomic E-state index is -4.45. The third-order valence-corrected chi connectivity index (χ3v) is 3.30. The van der Waals surface area contributed by atoms with Gasteiger partial charge in [0.2, 0.25) is 0 Å². The Bertz CT molecular complexity index is 792. The van der Waals surface area contributed by atoms with Crippen LogP contribution in [-0.4, -0.2) is 18.4 Å². The van der Waals surface area contributed by atoms with E-state index in [-0.39, 0.29) is 22.0 Å². The first-order valence-electron chi connectivity index (χ1n) is 6.86. The Morgan fingerprint density at radius 2 is 1.76 bits per heavy atom. The van der Waals surface area contributed by atoms with E-state index in [1.54, 1.807) is 0 Å². The molecule has 0 fully saturated rings. The fraction of sp³-hybridized carbons (Fsp3) is 0.125. The Kier molecular flexibility index (Phi) is 5.53. The van der Waals surface area contributed by atoms with E-state index in [0.717, 1.165) is 24.3 Å². The van der Waals surface area contributed by atoms with E-state index in [1.165, 1.54) is 18.2 Å². The maximum absolute atomic E-state index is 12.5. The quantitative estimate of drug-likeness (QED) is 0.843. The smallest absolute Gasteiger partial charge is 0.416 e. The fourth-order valence-corrected chi connectivity index (χ4v) is 2.08. The maximum Gasteiger partial charge on any atom is 0.416 e. The lowest BCUT2D eigenvalue weighted by Crippen LogP contribution is -2.21. The van der Waals surface area contributed by atoms with Crippen LogP contribution in [0, 0.1) is 0 Å². The molecule has 0 radical (unpaired) electrons. The van der Waals surface area contributed by atoms with Crippen molar-refractivity contribution in [2.75, 3.05) is 11.9 Å². The van der Waals surface area contributed by atoms with Gasteiger partial charge in [-0.15, -0.1) is 0 Å². The Morgan fingerprint density at radius 3 is 2.32 bits per heavy atom. The van der Waals surface area contributed by atoms with Gasteiger partial charge in [0.1, 0.15) is 5.75 Å². The summed E-state index contributed by atoms with van der Waals surface area (Å²) in [6.07, 6.45) is -4.45. The zero-order valence-electron chi connectivity index (χ0n) is 12.6. The third-order valence-electron chi connectivity index (χ3n) is 3.06. The molecule has 2 aromatic rings. The number of alkyl halides is 3. The largest absolute Gasteiger partial charge is 0.483 e. The first-order chi connectivity index (χ1) is 11.7. The molecule has 0 aromatic heterocycles. The van der Waals surface area contributed by atoms with Crippen molar-refractivity contribution in [3.05, 3.63) is 58.6 Å². The highest BCUT2D eigenvalue weighted by Gasteiger charge is 2.30. The van der Waals surface area contributed by atoms with Crippen LogP contribution in [0.3, 0.4) is 0 Å². The molecule has 5 nitrogen and oxygen atoms in total. The van der Waals surface area contributed by atoms with Gasteiger partial charge in [-0.25, -0.2) is 0 Å². The second kappa shape index (κ2) is 7.43. The molecule has 0 bridgehead atoms. The van der Waals surface area contributed by atoms with Crippen molar-refractivity contribution in [2.45, 2.75) is 6.18 Å². The molecule has 3 N–H and O–H groups in total. The first kappa shape index (κ1) is 18.6. The number of benzene rings is 2. The molecule has 25 heavy (non-hydrogen) atoms. The van der Waals surface area contributed by atoms with E-state index in [2.05, 4.69) is 5.32 Å². The summed E-state index contributed by atoms with van der Waals surface area (Å²) < 4.78 is 42.6. The standard InChI is InChI=1S/C16H12ClF3N2O3/c17-10-3-6-13(12(7-10)15(21)24)25-8-14(23)22-11-4-1-9(2-5-11)16(18,19)20/h1-7H,8H2,(H2,21,24)(H,22,23). The number of carbonyl (C=O) groups is 2. The average Bonchev–Trinajstić information content (AvgIpc) is 2.53. The van der Waals surface area contributed by atoms with Crippen molar-refractivity contribution in [3.8, 4) is 5.75 Å². The number of ether oxygens (including phenoxy) is 1. The molecule has 0 aliphatic rings. The van der Waals surface area contributed by atoms with E-state index in [0.29, 0.717) is 0 Å². The summed E-state index contributed by atoms with van der Waals surface area (Å²) in [4.78, 5) is 23.1. The number of primary amides is 1. The number of rotatable bonds is 5. The molecule has 0 aliphatic carbocycles. The molecule has 0 spiro atoms. The predicted molar refractivity (Wildman–Crippen MR) is 85.5 cm³/mol. The lowest BCUT2D eigenvalue weighted by Gasteiger charge is -2.11. The van der Waals surface area contributed by atoms with E-state index >= 15 is 0 Å². The summed E-state index contributed by atoms with van der Waals surface area (Å²) in [5.74, 6) is -1.33. The number of nitrogens with two attached hydrogens (primary N) is 1. The predicted octanol–water partition coefficient (Wildman–Crippen LogP) is 3.48. The molecule has 2 rings (SSSR count). The van der Waals surface area contributed by atoms with Gasteiger partial charge in [-0.05, 0) is 42.5 Å². The van der Waals surface area contributed by atoms with Crippen LogP contribution >= 0.6 is 11.6 Å². The number of anilines is 1. The average molecular weight is 373 g/mol. The second-order valence-electron chi connectivity index (χ2n) is 4.92. The van der Waals surface area contributed by atoms with E-state index in [1.807, 2.05) is 0 Å².